The van der Waals surface area contributed by atoms with Gasteiger partial charge in [0.05, 0.1) is 18.4 Å². The van der Waals surface area contributed by atoms with Crippen molar-refractivity contribution in [2.24, 2.45) is 0 Å². The van der Waals surface area contributed by atoms with Crippen LogP contribution >= 0.6 is 0 Å². The lowest BCUT2D eigenvalue weighted by Gasteiger charge is -2.10. The van der Waals surface area contributed by atoms with Crippen LogP contribution in [-0.2, 0) is 0 Å². The van der Waals surface area contributed by atoms with Crippen molar-refractivity contribution >= 4 is 11.6 Å². The first-order valence-corrected chi connectivity index (χ1v) is 8.98. The SMILES string of the molecule is COc1nc(-c2ccccc2F)n(-c2cccc(NC(=O)c3ccc(F)cc3)c2)n1. The Morgan fingerprint density at radius 2 is 1.77 bits per heavy atom. The molecule has 0 aliphatic carbocycles. The number of benzene rings is 3. The van der Waals surface area contributed by atoms with Gasteiger partial charge in [-0.15, -0.1) is 5.10 Å². The molecule has 0 fully saturated rings. The van der Waals surface area contributed by atoms with Crippen molar-refractivity contribution in [3.63, 3.8) is 0 Å². The van der Waals surface area contributed by atoms with Crippen LogP contribution in [0.3, 0.4) is 0 Å². The van der Waals surface area contributed by atoms with E-state index in [1.165, 1.54) is 42.1 Å². The molecule has 0 bridgehead atoms. The van der Waals surface area contributed by atoms with Gasteiger partial charge in [-0.25, -0.2) is 13.5 Å². The molecule has 150 valence electrons. The molecule has 0 saturated carbocycles. The average Bonchev–Trinajstić information content (AvgIpc) is 3.19. The Morgan fingerprint density at radius 1 is 1.00 bits per heavy atom. The molecule has 0 spiro atoms. The number of hydrogen-bond donors (Lipinski definition) is 1. The number of anilines is 1. The van der Waals surface area contributed by atoms with Crippen molar-refractivity contribution in [1.82, 2.24) is 14.8 Å². The van der Waals surface area contributed by atoms with Crippen LogP contribution in [0.2, 0.25) is 0 Å². The third-order valence-electron chi connectivity index (χ3n) is 4.34. The Bertz CT molecular complexity index is 1210. The maximum Gasteiger partial charge on any atom is 0.336 e. The maximum absolute atomic E-state index is 14.3. The maximum atomic E-state index is 14.3. The standard InChI is InChI=1S/C22H16F2N4O2/c1-30-22-26-20(18-7-2-3-8-19(18)24)28(27-22)17-6-4-5-16(13-17)25-21(29)14-9-11-15(23)12-10-14/h2-13H,1H3,(H,25,29). The summed E-state index contributed by atoms with van der Waals surface area (Å²) < 4.78 is 34.0. The second kappa shape index (κ2) is 8.12. The number of nitrogens with one attached hydrogen (secondary N) is 1. The molecule has 1 amide bonds. The normalized spacial score (nSPS) is 10.6. The molecule has 6 nitrogen and oxygen atoms in total. The topological polar surface area (TPSA) is 69.0 Å². The van der Waals surface area contributed by atoms with Gasteiger partial charge in [0.1, 0.15) is 11.6 Å². The molecule has 4 rings (SSSR count). The smallest absolute Gasteiger partial charge is 0.336 e. The van der Waals surface area contributed by atoms with Gasteiger partial charge in [-0.05, 0) is 54.6 Å². The van der Waals surface area contributed by atoms with E-state index in [9.17, 15) is 13.6 Å². The highest BCUT2D eigenvalue weighted by atomic mass is 19.1. The molecule has 0 saturated heterocycles. The molecule has 0 aliphatic rings. The number of halogens is 2. The van der Waals surface area contributed by atoms with Gasteiger partial charge >= 0.3 is 6.01 Å². The van der Waals surface area contributed by atoms with E-state index in [2.05, 4.69) is 15.4 Å². The van der Waals surface area contributed by atoms with Crippen LogP contribution in [0.5, 0.6) is 6.01 Å². The molecule has 1 aromatic heterocycles. The molecule has 1 N–H and O–H groups in total. The second-order valence-electron chi connectivity index (χ2n) is 6.33. The van der Waals surface area contributed by atoms with E-state index in [-0.39, 0.29) is 17.4 Å². The number of amides is 1. The van der Waals surface area contributed by atoms with E-state index in [0.29, 0.717) is 16.9 Å². The highest BCUT2D eigenvalue weighted by Crippen LogP contribution is 2.26. The number of methoxy groups -OCH3 is 1. The van der Waals surface area contributed by atoms with E-state index >= 15 is 0 Å². The number of carbonyl (C=O) groups excluding carboxylic acids is 1. The fourth-order valence-electron chi connectivity index (χ4n) is 2.90. The van der Waals surface area contributed by atoms with Crippen LogP contribution in [0.25, 0.3) is 17.1 Å². The van der Waals surface area contributed by atoms with Gasteiger partial charge in [-0.3, -0.25) is 4.79 Å². The quantitative estimate of drug-likeness (QED) is 0.531. The third-order valence-corrected chi connectivity index (χ3v) is 4.34. The molecule has 30 heavy (non-hydrogen) atoms. The zero-order valence-electron chi connectivity index (χ0n) is 15.8. The van der Waals surface area contributed by atoms with Gasteiger partial charge in [0.25, 0.3) is 5.91 Å². The first-order valence-electron chi connectivity index (χ1n) is 8.98. The fraction of sp³-hybridized carbons (Fsp3) is 0.0455. The van der Waals surface area contributed by atoms with Crippen molar-refractivity contribution in [1.29, 1.82) is 0 Å². The Morgan fingerprint density at radius 3 is 2.50 bits per heavy atom. The van der Waals surface area contributed by atoms with Gasteiger partial charge in [0, 0.05) is 11.3 Å². The van der Waals surface area contributed by atoms with Crippen molar-refractivity contribution in [2.75, 3.05) is 12.4 Å². The van der Waals surface area contributed by atoms with Gasteiger partial charge in [0.15, 0.2) is 5.82 Å². The average molecular weight is 406 g/mol. The van der Waals surface area contributed by atoms with Gasteiger partial charge in [-0.1, -0.05) is 18.2 Å². The minimum Gasteiger partial charge on any atom is -0.466 e. The molecule has 3 aromatic carbocycles. The lowest BCUT2D eigenvalue weighted by atomic mass is 10.2. The summed E-state index contributed by atoms with van der Waals surface area (Å²) in [5.74, 6) is -1.01. The Kier molecular flexibility index (Phi) is 5.21. The second-order valence-corrected chi connectivity index (χ2v) is 6.33. The Labute approximate surface area is 170 Å². The lowest BCUT2D eigenvalue weighted by Crippen LogP contribution is -2.12. The van der Waals surface area contributed by atoms with Crippen LogP contribution in [0.1, 0.15) is 10.4 Å². The van der Waals surface area contributed by atoms with Gasteiger partial charge in [0.2, 0.25) is 0 Å². The van der Waals surface area contributed by atoms with Crippen molar-refractivity contribution < 1.29 is 18.3 Å². The van der Waals surface area contributed by atoms with E-state index in [1.807, 2.05) is 0 Å². The molecular weight excluding hydrogens is 390 g/mol. The highest BCUT2D eigenvalue weighted by molar-refractivity contribution is 6.04. The summed E-state index contributed by atoms with van der Waals surface area (Å²) in [7, 11) is 1.42. The molecule has 1 heterocycles. The number of hydrogen-bond acceptors (Lipinski definition) is 4. The van der Waals surface area contributed by atoms with Crippen molar-refractivity contribution in [2.45, 2.75) is 0 Å². The summed E-state index contributed by atoms with van der Waals surface area (Å²) in [4.78, 5) is 16.7. The third kappa shape index (κ3) is 3.88. The molecule has 8 heteroatoms. The summed E-state index contributed by atoms with van der Waals surface area (Å²) in [5.41, 5.74) is 1.60. The van der Waals surface area contributed by atoms with Crippen LogP contribution in [0.4, 0.5) is 14.5 Å². The largest absolute Gasteiger partial charge is 0.466 e. The molecule has 0 aliphatic heterocycles. The first-order chi connectivity index (χ1) is 14.5. The predicted molar refractivity (Wildman–Crippen MR) is 108 cm³/mol. The van der Waals surface area contributed by atoms with E-state index in [0.717, 1.165) is 0 Å². The summed E-state index contributed by atoms with van der Waals surface area (Å²) in [6.45, 7) is 0. The van der Waals surface area contributed by atoms with Gasteiger partial charge < -0.3 is 10.1 Å². The Hall–Kier alpha value is -4.07. The molecule has 0 radical (unpaired) electrons. The molecule has 0 unspecified atom stereocenters. The van der Waals surface area contributed by atoms with Gasteiger partial charge in [-0.2, -0.15) is 4.98 Å². The summed E-state index contributed by atoms with van der Waals surface area (Å²) in [5, 5.41) is 7.02. The van der Waals surface area contributed by atoms with Crippen molar-refractivity contribution in [3.8, 4) is 23.1 Å². The molecule has 0 atom stereocenters. The molecule has 4 aromatic rings. The zero-order valence-corrected chi connectivity index (χ0v) is 15.8. The van der Waals surface area contributed by atoms with Crippen LogP contribution in [0.15, 0.2) is 72.8 Å². The predicted octanol–water partition coefficient (Wildman–Crippen LogP) is 4.47. The number of carbonyl (C=O) groups is 1. The highest BCUT2D eigenvalue weighted by Gasteiger charge is 2.17. The number of rotatable bonds is 5. The Balaban J connectivity index is 1.69. The number of aromatic nitrogens is 3. The van der Waals surface area contributed by atoms with Crippen LogP contribution in [-0.4, -0.2) is 27.8 Å². The minimum absolute atomic E-state index is 0.0778. The first kappa shape index (κ1) is 19.3. The summed E-state index contributed by atoms with van der Waals surface area (Å²) in [6, 6.07) is 18.3. The van der Waals surface area contributed by atoms with Crippen LogP contribution in [0, 0.1) is 11.6 Å². The molecular formula is C22H16F2N4O2. The van der Waals surface area contributed by atoms with E-state index in [4.69, 9.17) is 4.74 Å². The number of nitrogens with zero attached hydrogens (tertiary/aromatic N) is 3. The summed E-state index contributed by atoms with van der Waals surface area (Å²) in [6.07, 6.45) is 0. The van der Waals surface area contributed by atoms with Crippen LogP contribution < -0.4 is 10.1 Å². The number of ether oxygens (including phenoxy) is 1. The fourth-order valence-corrected chi connectivity index (χ4v) is 2.90. The van der Waals surface area contributed by atoms with Crippen molar-refractivity contribution in [3.05, 3.63) is 90.0 Å². The zero-order chi connectivity index (χ0) is 21.1. The van der Waals surface area contributed by atoms with E-state index < -0.39 is 17.5 Å². The van der Waals surface area contributed by atoms with E-state index in [1.54, 1.807) is 42.5 Å². The lowest BCUT2D eigenvalue weighted by molar-refractivity contribution is 0.102. The monoisotopic (exact) mass is 406 g/mol. The summed E-state index contributed by atoms with van der Waals surface area (Å²) >= 11 is 0. The minimum atomic E-state index is -0.449.